The Hall–Kier alpha value is -2.84. The van der Waals surface area contributed by atoms with Crippen molar-refractivity contribution >= 4 is 28.8 Å². The van der Waals surface area contributed by atoms with Gasteiger partial charge in [-0.15, -0.1) is 0 Å². The Labute approximate surface area is 170 Å². The molecule has 0 spiro atoms. The number of nitrogens with zero attached hydrogens (tertiary/aromatic N) is 3. The first-order valence-corrected chi connectivity index (χ1v) is 9.50. The lowest BCUT2D eigenvalue weighted by Crippen LogP contribution is -2.38. The molecule has 0 radical (unpaired) electrons. The summed E-state index contributed by atoms with van der Waals surface area (Å²) >= 11 is 0. The number of benzene rings is 2. The molecule has 2 aromatic rings. The minimum absolute atomic E-state index is 0.138. The van der Waals surface area contributed by atoms with E-state index in [-0.39, 0.29) is 5.56 Å². The standard InChI is InChI=1S/C21H27N3O5/c1-23(2)14-22-18-11-16-13-20(29-9-6-24-4-7-28-8-5-24)19(27-3)12-15(16)10-17(18)21(25)26/h10-14H,4-9H2,1-3H3,(H,25,26). The molecule has 1 fully saturated rings. The number of hydrogen-bond donors (Lipinski definition) is 1. The maximum atomic E-state index is 11.7. The van der Waals surface area contributed by atoms with Crippen molar-refractivity contribution in [1.29, 1.82) is 0 Å². The van der Waals surface area contributed by atoms with Crippen molar-refractivity contribution in [1.82, 2.24) is 9.80 Å². The fraction of sp³-hybridized carbons (Fsp3) is 0.429. The number of carboxylic acid groups (broad SMARTS) is 1. The number of methoxy groups -OCH3 is 1. The summed E-state index contributed by atoms with van der Waals surface area (Å²) in [6, 6.07) is 7.03. The van der Waals surface area contributed by atoms with Gasteiger partial charge in [0, 0.05) is 33.7 Å². The van der Waals surface area contributed by atoms with Crippen LogP contribution < -0.4 is 9.47 Å². The van der Waals surface area contributed by atoms with Gasteiger partial charge in [-0.1, -0.05) is 0 Å². The third-order valence-corrected chi connectivity index (χ3v) is 4.66. The van der Waals surface area contributed by atoms with E-state index >= 15 is 0 Å². The molecule has 0 aromatic heterocycles. The van der Waals surface area contributed by atoms with Crippen molar-refractivity contribution in [2.75, 3.05) is 60.7 Å². The number of aliphatic imine (C=N–C) groups is 1. The summed E-state index contributed by atoms with van der Waals surface area (Å²) in [5, 5.41) is 11.1. The van der Waals surface area contributed by atoms with Crippen molar-refractivity contribution in [3.8, 4) is 11.5 Å². The molecular weight excluding hydrogens is 374 g/mol. The summed E-state index contributed by atoms with van der Waals surface area (Å²) in [6.07, 6.45) is 1.58. The van der Waals surface area contributed by atoms with Gasteiger partial charge in [0.2, 0.25) is 0 Å². The highest BCUT2D eigenvalue weighted by Gasteiger charge is 2.15. The van der Waals surface area contributed by atoms with Crippen LogP contribution in [0.3, 0.4) is 0 Å². The lowest BCUT2D eigenvalue weighted by Gasteiger charge is -2.26. The van der Waals surface area contributed by atoms with Gasteiger partial charge in [-0.05, 0) is 35.0 Å². The molecule has 0 unspecified atom stereocenters. The predicted octanol–water partition coefficient (Wildman–Crippen LogP) is 2.48. The highest BCUT2D eigenvalue weighted by molar-refractivity contribution is 6.01. The second-order valence-electron chi connectivity index (χ2n) is 7.04. The Kier molecular flexibility index (Phi) is 6.90. The third kappa shape index (κ3) is 5.36. The first kappa shape index (κ1) is 20.9. The normalized spacial score (nSPS) is 15.0. The summed E-state index contributed by atoms with van der Waals surface area (Å²) in [5.74, 6) is 0.168. The lowest BCUT2D eigenvalue weighted by atomic mass is 10.0. The summed E-state index contributed by atoms with van der Waals surface area (Å²) in [5.41, 5.74) is 0.529. The summed E-state index contributed by atoms with van der Waals surface area (Å²) in [7, 11) is 5.23. The van der Waals surface area contributed by atoms with Crippen molar-refractivity contribution < 1.29 is 24.1 Å². The van der Waals surface area contributed by atoms with E-state index in [2.05, 4.69) is 9.89 Å². The number of carboxylic acids is 1. The summed E-state index contributed by atoms with van der Waals surface area (Å²) in [6.45, 7) is 4.65. The lowest BCUT2D eigenvalue weighted by molar-refractivity contribution is 0.0321. The van der Waals surface area contributed by atoms with Crippen molar-refractivity contribution in [3.05, 3.63) is 29.8 Å². The molecule has 1 aliphatic rings. The molecule has 2 aromatic carbocycles. The van der Waals surface area contributed by atoms with Gasteiger partial charge in [-0.3, -0.25) is 4.90 Å². The average molecular weight is 401 g/mol. The van der Waals surface area contributed by atoms with Gasteiger partial charge in [0.15, 0.2) is 11.5 Å². The maximum Gasteiger partial charge on any atom is 0.337 e. The molecule has 156 valence electrons. The van der Waals surface area contributed by atoms with Crippen molar-refractivity contribution in [2.45, 2.75) is 0 Å². The first-order valence-electron chi connectivity index (χ1n) is 9.50. The molecule has 0 saturated carbocycles. The average Bonchev–Trinajstić information content (AvgIpc) is 2.71. The number of rotatable bonds is 8. The van der Waals surface area contributed by atoms with E-state index in [1.54, 1.807) is 36.5 Å². The van der Waals surface area contributed by atoms with E-state index in [4.69, 9.17) is 14.2 Å². The molecule has 0 aliphatic carbocycles. The van der Waals surface area contributed by atoms with Crippen LogP contribution in [-0.4, -0.2) is 87.9 Å². The number of fused-ring (bicyclic) bond motifs is 1. The van der Waals surface area contributed by atoms with E-state index in [1.807, 2.05) is 20.2 Å². The molecule has 1 saturated heterocycles. The number of aromatic carboxylic acids is 1. The van der Waals surface area contributed by atoms with Crippen LogP contribution in [0.5, 0.6) is 11.5 Å². The highest BCUT2D eigenvalue weighted by Crippen LogP contribution is 2.35. The predicted molar refractivity (Wildman–Crippen MR) is 112 cm³/mol. The molecule has 1 heterocycles. The molecule has 0 atom stereocenters. The Morgan fingerprint density at radius 2 is 1.90 bits per heavy atom. The van der Waals surface area contributed by atoms with E-state index < -0.39 is 5.97 Å². The summed E-state index contributed by atoms with van der Waals surface area (Å²) in [4.78, 5) is 20.0. The zero-order chi connectivity index (χ0) is 20.8. The van der Waals surface area contributed by atoms with Crippen molar-refractivity contribution in [3.63, 3.8) is 0 Å². The quantitative estimate of drug-likeness (QED) is 0.537. The van der Waals surface area contributed by atoms with Crippen LogP contribution >= 0.6 is 0 Å². The van der Waals surface area contributed by atoms with Crippen LogP contribution in [0.25, 0.3) is 10.8 Å². The zero-order valence-corrected chi connectivity index (χ0v) is 17.1. The van der Waals surface area contributed by atoms with Crippen molar-refractivity contribution in [2.24, 2.45) is 4.99 Å². The zero-order valence-electron chi connectivity index (χ0n) is 17.1. The van der Waals surface area contributed by atoms with Gasteiger partial charge in [0.05, 0.1) is 37.9 Å². The minimum Gasteiger partial charge on any atom is -0.493 e. The first-order chi connectivity index (χ1) is 14.0. The maximum absolute atomic E-state index is 11.7. The van der Waals surface area contributed by atoms with Crippen LogP contribution in [0.2, 0.25) is 0 Å². The summed E-state index contributed by atoms with van der Waals surface area (Å²) < 4.78 is 16.8. The molecule has 3 rings (SSSR count). The molecule has 0 bridgehead atoms. The Morgan fingerprint density at radius 3 is 2.55 bits per heavy atom. The number of morpholine rings is 1. The second-order valence-corrected chi connectivity index (χ2v) is 7.04. The van der Waals surface area contributed by atoms with Gasteiger partial charge in [-0.25, -0.2) is 9.79 Å². The molecule has 8 nitrogen and oxygen atoms in total. The smallest absolute Gasteiger partial charge is 0.337 e. The Bertz CT molecular complexity index is 892. The third-order valence-electron chi connectivity index (χ3n) is 4.66. The minimum atomic E-state index is -1.03. The topological polar surface area (TPSA) is 83.8 Å². The second kappa shape index (κ2) is 9.58. The molecule has 1 aliphatic heterocycles. The molecule has 29 heavy (non-hydrogen) atoms. The van der Waals surface area contributed by atoms with E-state index in [1.165, 1.54) is 0 Å². The SMILES string of the molecule is COc1cc2cc(C(=O)O)c(N=CN(C)C)cc2cc1OCCN1CCOCC1. The van der Waals surface area contributed by atoms with Crippen LogP contribution in [-0.2, 0) is 4.74 Å². The molecule has 0 amide bonds. The monoisotopic (exact) mass is 401 g/mol. The van der Waals surface area contributed by atoms with E-state index in [9.17, 15) is 9.90 Å². The number of hydrogen-bond acceptors (Lipinski definition) is 6. The highest BCUT2D eigenvalue weighted by atomic mass is 16.5. The van der Waals surface area contributed by atoms with Crippen LogP contribution in [0.15, 0.2) is 29.3 Å². The fourth-order valence-corrected chi connectivity index (χ4v) is 3.13. The van der Waals surface area contributed by atoms with Crippen LogP contribution in [0.4, 0.5) is 5.69 Å². The fourth-order valence-electron chi connectivity index (χ4n) is 3.13. The molecular formula is C21H27N3O5. The Balaban J connectivity index is 1.87. The van der Waals surface area contributed by atoms with Crippen LogP contribution in [0, 0.1) is 0 Å². The molecule has 1 N–H and O–H groups in total. The van der Waals surface area contributed by atoms with E-state index in [0.717, 1.165) is 43.6 Å². The van der Waals surface area contributed by atoms with Gasteiger partial charge in [0.25, 0.3) is 0 Å². The van der Waals surface area contributed by atoms with Gasteiger partial charge < -0.3 is 24.2 Å². The van der Waals surface area contributed by atoms with Gasteiger partial charge >= 0.3 is 5.97 Å². The molecule has 8 heteroatoms. The van der Waals surface area contributed by atoms with E-state index in [0.29, 0.717) is 23.8 Å². The number of carbonyl (C=O) groups is 1. The van der Waals surface area contributed by atoms with Gasteiger partial charge in [0.1, 0.15) is 6.61 Å². The largest absolute Gasteiger partial charge is 0.493 e. The van der Waals surface area contributed by atoms with Gasteiger partial charge in [-0.2, -0.15) is 0 Å². The Morgan fingerprint density at radius 1 is 1.21 bits per heavy atom. The number of ether oxygens (including phenoxy) is 3. The van der Waals surface area contributed by atoms with Crippen LogP contribution in [0.1, 0.15) is 10.4 Å².